The maximum atomic E-state index is 13.7. The minimum atomic E-state index is -3.82. The van der Waals surface area contributed by atoms with Crippen molar-refractivity contribution >= 4 is 27.5 Å². The molecule has 1 aliphatic rings. The van der Waals surface area contributed by atoms with Crippen LogP contribution in [0, 0.1) is 11.6 Å². The van der Waals surface area contributed by atoms with Crippen LogP contribution < -0.4 is 4.74 Å². The van der Waals surface area contributed by atoms with Crippen molar-refractivity contribution < 1.29 is 26.7 Å². The van der Waals surface area contributed by atoms with Crippen molar-refractivity contribution in [2.75, 3.05) is 26.7 Å². The minimum Gasteiger partial charge on any atom is -0.487 e. The Morgan fingerprint density at radius 1 is 1.17 bits per heavy atom. The Hall–Kier alpha value is -2.23. The summed E-state index contributed by atoms with van der Waals surface area (Å²) in [7, 11) is -2.48. The Balaban J connectivity index is 1.54. The number of carbonyl (C=O) groups is 1. The SMILES string of the molecule is CN(CC(=O)N1CCC(Oc2ccc(F)cc2F)CC1)S(=O)(=O)c1ccc(Cl)cc1. The Labute approximate surface area is 179 Å². The van der Waals surface area contributed by atoms with Crippen LogP contribution in [0.15, 0.2) is 47.4 Å². The third-order valence-corrected chi connectivity index (χ3v) is 6.93. The summed E-state index contributed by atoms with van der Waals surface area (Å²) < 4.78 is 58.5. The molecule has 0 bridgehead atoms. The summed E-state index contributed by atoms with van der Waals surface area (Å²) in [5.74, 6) is -1.82. The summed E-state index contributed by atoms with van der Waals surface area (Å²) in [6.45, 7) is 0.394. The molecule has 2 aromatic rings. The average molecular weight is 459 g/mol. The normalized spacial score (nSPS) is 15.4. The van der Waals surface area contributed by atoms with Crippen molar-refractivity contribution in [2.24, 2.45) is 0 Å². The molecule has 1 fully saturated rings. The number of benzene rings is 2. The second-order valence-corrected chi connectivity index (χ2v) is 9.47. The first-order valence-corrected chi connectivity index (χ1v) is 11.1. The minimum absolute atomic E-state index is 0.0324. The Morgan fingerprint density at radius 3 is 2.40 bits per heavy atom. The van der Waals surface area contributed by atoms with Crippen LogP contribution in [0.3, 0.4) is 0 Å². The van der Waals surface area contributed by atoms with Crippen LogP contribution in [0.25, 0.3) is 0 Å². The number of piperidine rings is 1. The lowest BCUT2D eigenvalue weighted by molar-refractivity contribution is -0.133. The first-order valence-electron chi connectivity index (χ1n) is 9.28. The maximum Gasteiger partial charge on any atom is 0.243 e. The zero-order valence-electron chi connectivity index (χ0n) is 16.2. The molecular weight excluding hydrogens is 438 g/mol. The van der Waals surface area contributed by atoms with Gasteiger partial charge in [-0.05, 0) is 36.4 Å². The molecule has 0 unspecified atom stereocenters. The highest BCUT2D eigenvalue weighted by atomic mass is 35.5. The largest absolute Gasteiger partial charge is 0.487 e. The van der Waals surface area contributed by atoms with Gasteiger partial charge in [0, 0.05) is 44.1 Å². The van der Waals surface area contributed by atoms with Crippen molar-refractivity contribution in [1.29, 1.82) is 0 Å². The van der Waals surface area contributed by atoms with Gasteiger partial charge < -0.3 is 9.64 Å². The monoisotopic (exact) mass is 458 g/mol. The third kappa shape index (κ3) is 5.27. The summed E-state index contributed by atoms with van der Waals surface area (Å²) in [6, 6.07) is 8.82. The van der Waals surface area contributed by atoms with Gasteiger partial charge >= 0.3 is 0 Å². The molecule has 1 aliphatic heterocycles. The quantitative estimate of drug-likeness (QED) is 0.666. The van der Waals surface area contributed by atoms with Gasteiger partial charge in [-0.3, -0.25) is 4.79 Å². The van der Waals surface area contributed by atoms with Crippen LogP contribution in [0.1, 0.15) is 12.8 Å². The molecule has 30 heavy (non-hydrogen) atoms. The van der Waals surface area contributed by atoms with Gasteiger partial charge in [-0.15, -0.1) is 0 Å². The predicted octanol–water partition coefficient (Wildman–Crippen LogP) is 3.31. The molecule has 0 atom stereocenters. The Bertz CT molecular complexity index is 1010. The van der Waals surface area contributed by atoms with E-state index >= 15 is 0 Å². The summed E-state index contributed by atoms with van der Waals surface area (Å²) in [4.78, 5) is 14.2. The van der Waals surface area contributed by atoms with Gasteiger partial charge in [0.2, 0.25) is 15.9 Å². The number of likely N-dealkylation sites (tertiary alicyclic amines) is 1. The van der Waals surface area contributed by atoms with E-state index in [4.69, 9.17) is 16.3 Å². The highest BCUT2D eigenvalue weighted by Gasteiger charge is 2.28. The number of carbonyl (C=O) groups excluding carboxylic acids is 1. The van der Waals surface area contributed by atoms with Crippen LogP contribution in [-0.4, -0.2) is 56.3 Å². The highest BCUT2D eigenvalue weighted by Crippen LogP contribution is 2.23. The summed E-state index contributed by atoms with van der Waals surface area (Å²) in [5, 5.41) is 0.415. The standard InChI is InChI=1S/C20H21ClF2N2O4S/c1-24(30(27,28)17-5-2-14(21)3-6-17)13-20(26)25-10-8-16(9-11-25)29-19-7-4-15(22)12-18(19)23/h2-7,12,16H,8-11,13H2,1H3. The maximum absolute atomic E-state index is 13.7. The topological polar surface area (TPSA) is 66.9 Å². The van der Waals surface area contributed by atoms with E-state index in [1.807, 2.05) is 0 Å². The number of hydrogen-bond donors (Lipinski definition) is 0. The number of sulfonamides is 1. The van der Waals surface area contributed by atoms with Crippen LogP contribution >= 0.6 is 11.6 Å². The van der Waals surface area contributed by atoms with Gasteiger partial charge in [-0.25, -0.2) is 17.2 Å². The fourth-order valence-electron chi connectivity index (χ4n) is 3.14. The van der Waals surface area contributed by atoms with E-state index in [0.29, 0.717) is 31.0 Å². The molecule has 3 rings (SSSR count). The first-order chi connectivity index (χ1) is 14.2. The molecule has 1 heterocycles. The average Bonchev–Trinajstić information content (AvgIpc) is 2.71. The molecule has 1 saturated heterocycles. The van der Waals surface area contributed by atoms with Gasteiger partial charge in [0.1, 0.15) is 11.9 Å². The third-order valence-electron chi connectivity index (χ3n) is 4.86. The number of rotatable bonds is 6. The van der Waals surface area contributed by atoms with Crippen molar-refractivity contribution in [1.82, 2.24) is 9.21 Å². The van der Waals surface area contributed by atoms with Crippen LogP contribution in [-0.2, 0) is 14.8 Å². The van der Waals surface area contributed by atoms with Crippen LogP contribution in [0.5, 0.6) is 5.75 Å². The number of nitrogens with zero attached hydrogens (tertiary/aromatic N) is 2. The van der Waals surface area contributed by atoms with Gasteiger partial charge in [0.05, 0.1) is 11.4 Å². The van der Waals surface area contributed by atoms with Gasteiger partial charge in [0.15, 0.2) is 11.6 Å². The van der Waals surface area contributed by atoms with E-state index in [-0.39, 0.29) is 29.2 Å². The summed E-state index contributed by atoms with van der Waals surface area (Å²) >= 11 is 5.79. The van der Waals surface area contributed by atoms with Gasteiger partial charge in [-0.1, -0.05) is 11.6 Å². The van der Waals surface area contributed by atoms with E-state index in [2.05, 4.69) is 0 Å². The fourth-order valence-corrected chi connectivity index (χ4v) is 4.38. The molecule has 2 aromatic carbocycles. The molecule has 10 heteroatoms. The van der Waals surface area contributed by atoms with E-state index in [0.717, 1.165) is 16.4 Å². The van der Waals surface area contributed by atoms with E-state index in [1.54, 1.807) is 4.90 Å². The zero-order valence-corrected chi connectivity index (χ0v) is 17.8. The fraction of sp³-hybridized carbons (Fsp3) is 0.350. The first kappa shape index (κ1) is 22.5. The second kappa shape index (κ2) is 9.28. The Morgan fingerprint density at radius 2 is 1.80 bits per heavy atom. The van der Waals surface area contributed by atoms with E-state index in [9.17, 15) is 22.0 Å². The second-order valence-electron chi connectivity index (χ2n) is 6.99. The molecule has 1 amide bonds. The lowest BCUT2D eigenvalue weighted by Crippen LogP contribution is -2.46. The van der Waals surface area contributed by atoms with Crippen molar-refractivity contribution in [3.63, 3.8) is 0 Å². The lowest BCUT2D eigenvalue weighted by Gasteiger charge is -2.33. The summed E-state index contributed by atoms with van der Waals surface area (Å²) in [6.07, 6.45) is 0.594. The number of likely N-dealkylation sites (N-methyl/N-ethyl adjacent to an activating group) is 1. The molecule has 0 spiro atoms. The lowest BCUT2D eigenvalue weighted by atomic mass is 10.1. The molecular formula is C20H21ClF2N2O4S. The Kier molecular flexibility index (Phi) is 6.95. The summed E-state index contributed by atoms with van der Waals surface area (Å²) in [5.41, 5.74) is 0. The zero-order chi connectivity index (χ0) is 21.9. The smallest absolute Gasteiger partial charge is 0.243 e. The highest BCUT2D eigenvalue weighted by molar-refractivity contribution is 7.89. The predicted molar refractivity (Wildman–Crippen MR) is 108 cm³/mol. The molecule has 0 aliphatic carbocycles. The number of amides is 1. The molecule has 0 aromatic heterocycles. The van der Waals surface area contributed by atoms with Crippen molar-refractivity contribution in [3.05, 3.63) is 59.1 Å². The molecule has 0 radical (unpaired) electrons. The number of hydrogen-bond acceptors (Lipinski definition) is 4. The van der Waals surface area contributed by atoms with Gasteiger partial charge in [-0.2, -0.15) is 4.31 Å². The molecule has 6 nitrogen and oxygen atoms in total. The van der Waals surface area contributed by atoms with E-state index < -0.39 is 21.7 Å². The number of halogens is 3. The van der Waals surface area contributed by atoms with Gasteiger partial charge in [0.25, 0.3) is 0 Å². The van der Waals surface area contributed by atoms with E-state index in [1.165, 1.54) is 37.4 Å². The van der Waals surface area contributed by atoms with Crippen molar-refractivity contribution in [3.8, 4) is 5.75 Å². The molecule has 0 saturated carbocycles. The number of ether oxygens (including phenoxy) is 1. The van der Waals surface area contributed by atoms with Crippen LogP contribution in [0.2, 0.25) is 5.02 Å². The van der Waals surface area contributed by atoms with Crippen molar-refractivity contribution in [2.45, 2.75) is 23.8 Å². The van der Waals surface area contributed by atoms with Crippen LogP contribution in [0.4, 0.5) is 8.78 Å². The molecule has 162 valence electrons. The molecule has 0 N–H and O–H groups in total.